The second-order valence-electron chi connectivity index (χ2n) is 14.0. The third-order valence-corrected chi connectivity index (χ3v) is 7.60. The van der Waals surface area contributed by atoms with Gasteiger partial charge in [-0.2, -0.15) is 0 Å². The van der Waals surface area contributed by atoms with Crippen LogP contribution in [0.15, 0.2) is 60.9 Å². The maximum absolute atomic E-state index is 4.75. The Kier molecular flexibility index (Phi) is 10.1. The Morgan fingerprint density at radius 1 is 0.578 bits per heavy atom. The Bertz CT molecular complexity index is 1770. The van der Waals surface area contributed by atoms with Gasteiger partial charge in [-0.3, -0.25) is 0 Å². The zero-order valence-electron chi connectivity index (χ0n) is 27.8. The van der Waals surface area contributed by atoms with Gasteiger partial charge in [0.25, 0.3) is 0 Å². The third-order valence-electron chi connectivity index (χ3n) is 7.60. The summed E-state index contributed by atoms with van der Waals surface area (Å²) in [4.78, 5) is 18.4. The number of benzene rings is 2. The van der Waals surface area contributed by atoms with Gasteiger partial charge in [-0.05, 0) is 23.0 Å². The van der Waals surface area contributed by atoms with Gasteiger partial charge in [0.2, 0.25) is 0 Å². The summed E-state index contributed by atoms with van der Waals surface area (Å²) in [6.07, 6.45) is 3.74. The van der Waals surface area contributed by atoms with E-state index in [4.69, 9.17) is 9.97 Å². The van der Waals surface area contributed by atoms with Gasteiger partial charge in [0.1, 0.15) is 11.6 Å². The average Bonchev–Trinajstić information content (AvgIpc) is 3.67. The molecule has 0 atom stereocenters. The molecule has 0 unspecified atom stereocenters. The van der Waals surface area contributed by atoms with Gasteiger partial charge in [0, 0.05) is 45.4 Å². The van der Waals surface area contributed by atoms with Crippen LogP contribution >= 0.6 is 0 Å². The average molecular weight is 782 g/mol. The van der Waals surface area contributed by atoms with Crippen LogP contribution in [0.4, 0.5) is 0 Å². The molecule has 0 bridgehead atoms. The molecular formula is C36H42N8Pt. The molecule has 236 valence electrons. The number of hydrogen-bond donors (Lipinski definition) is 0. The van der Waals surface area contributed by atoms with E-state index in [-0.39, 0.29) is 31.9 Å². The van der Waals surface area contributed by atoms with Crippen molar-refractivity contribution in [1.29, 1.82) is 0 Å². The summed E-state index contributed by atoms with van der Waals surface area (Å²) in [5.74, 6) is 2.12. The van der Waals surface area contributed by atoms with Crippen LogP contribution in [-0.4, -0.2) is 30.1 Å². The molecule has 8 nitrogen and oxygen atoms in total. The fourth-order valence-corrected chi connectivity index (χ4v) is 4.88. The minimum atomic E-state index is -0.0226. The smallest absolute Gasteiger partial charge is 0.572 e. The van der Waals surface area contributed by atoms with E-state index >= 15 is 0 Å². The van der Waals surface area contributed by atoms with E-state index in [9.17, 15) is 0 Å². The summed E-state index contributed by atoms with van der Waals surface area (Å²) < 4.78 is 0. The van der Waals surface area contributed by atoms with Crippen LogP contribution < -0.4 is 10.2 Å². The van der Waals surface area contributed by atoms with E-state index < -0.39 is 0 Å². The first-order valence-corrected chi connectivity index (χ1v) is 15.3. The SMILES string of the molecule is CC(C)c1cccc2cnc(-c3cc(C(C)(C)C)n[n-]3)nc12.CC(C)c1cccc2cnc(-c3cc(C(C)(C)C)n[n-]3)nc12.[Pt+2]. The van der Waals surface area contributed by atoms with Gasteiger partial charge < -0.3 is 20.4 Å². The normalized spacial score (nSPS) is 12.0. The van der Waals surface area contributed by atoms with Crippen molar-refractivity contribution in [1.82, 2.24) is 40.3 Å². The molecule has 6 aromatic rings. The molecule has 0 N–H and O–H groups in total. The van der Waals surface area contributed by atoms with Crippen molar-refractivity contribution < 1.29 is 21.1 Å². The molecule has 0 aliphatic rings. The van der Waals surface area contributed by atoms with Crippen LogP contribution in [-0.2, 0) is 31.9 Å². The molecule has 2 aromatic carbocycles. The molecule has 4 aromatic heterocycles. The molecule has 9 heteroatoms. The molecule has 0 saturated heterocycles. The Balaban J connectivity index is 0.000000200. The molecule has 45 heavy (non-hydrogen) atoms. The molecular weight excluding hydrogens is 740 g/mol. The van der Waals surface area contributed by atoms with Crippen LogP contribution in [0.5, 0.6) is 0 Å². The van der Waals surface area contributed by atoms with E-state index in [2.05, 4.69) is 124 Å². The van der Waals surface area contributed by atoms with Gasteiger partial charge in [-0.15, -0.1) is 0 Å². The van der Waals surface area contributed by atoms with Crippen molar-refractivity contribution >= 4 is 21.8 Å². The summed E-state index contributed by atoms with van der Waals surface area (Å²) in [6.45, 7) is 21.5. The van der Waals surface area contributed by atoms with Crippen LogP contribution in [0.1, 0.15) is 104 Å². The summed E-state index contributed by atoms with van der Waals surface area (Å²) >= 11 is 0. The summed E-state index contributed by atoms with van der Waals surface area (Å²) in [5, 5.41) is 19.2. The fraction of sp³-hybridized carbons (Fsp3) is 0.389. The van der Waals surface area contributed by atoms with Crippen LogP contribution in [0, 0.1) is 0 Å². The number of aromatic nitrogens is 8. The topological polar surface area (TPSA) is 106 Å². The van der Waals surface area contributed by atoms with Gasteiger partial charge in [-0.1, -0.05) is 129 Å². The second-order valence-corrected chi connectivity index (χ2v) is 14.0. The molecule has 0 spiro atoms. The summed E-state index contributed by atoms with van der Waals surface area (Å²) in [6, 6.07) is 16.4. The number of para-hydroxylation sites is 2. The van der Waals surface area contributed by atoms with Crippen molar-refractivity contribution in [3.05, 3.63) is 83.4 Å². The fourth-order valence-electron chi connectivity index (χ4n) is 4.88. The number of rotatable bonds is 4. The van der Waals surface area contributed by atoms with Crippen LogP contribution in [0.2, 0.25) is 0 Å². The largest absolute Gasteiger partial charge is 2.00 e. The van der Waals surface area contributed by atoms with Crippen molar-refractivity contribution in [2.45, 2.75) is 91.9 Å². The van der Waals surface area contributed by atoms with Crippen LogP contribution in [0.25, 0.3) is 44.8 Å². The van der Waals surface area contributed by atoms with E-state index in [0.717, 1.165) is 44.6 Å². The quantitative estimate of drug-likeness (QED) is 0.177. The van der Waals surface area contributed by atoms with Crippen molar-refractivity contribution in [2.24, 2.45) is 0 Å². The molecule has 0 amide bonds. The first-order valence-electron chi connectivity index (χ1n) is 15.3. The van der Waals surface area contributed by atoms with E-state index in [1.54, 1.807) is 0 Å². The van der Waals surface area contributed by atoms with Crippen LogP contribution in [0.3, 0.4) is 0 Å². The molecule has 0 radical (unpaired) electrons. The molecule has 0 aliphatic heterocycles. The first-order chi connectivity index (χ1) is 20.7. The molecule has 0 fully saturated rings. The number of fused-ring (bicyclic) bond motifs is 2. The minimum absolute atomic E-state index is 0. The van der Waals surface area contributed by atoms with E-state index in [1.165, 1.54) is 11.1 Å². The monoisotopic (exact) mass is 781 g/mol. The van der Waals surface area contributed by atoms with E-state index in [1.807, 2.05) is 36.7 Å². The van der Waals surface area contributed by atoms with E-state index in [0.29, 0.717) is 23.5 Å². The zero-order chi connectivity index (χ0) is 31.8. The maximum atomic E-state index is 4.75. The first kappa shape index (κ1) is 34.1. The molecule has 6 rings (SSSR count). The Morgan fingerprint density at radius 2 is 0.956 bits per heavy atom. The third kappa shape index (κ3) is 7.55. The molecule has 0 aliphatic carbocycles. The zero-order valence-corrected chi connectivity index (χ0v) is 30.1. The van der Waals surface area contributed by atoms with Crippen molar-refractivity contribution in [3.8, 4) is 23.0 Å². The van der Waals surface area contributed by atoms with Crippen molar-refractivity contribution in [2.75, 3.05) is 0 Å². The molecule has 0 saturated carbocycles. The Labute approximate surface area is 280 Å². The minimum Gasteiger partial charge on any atom is -0.572 e. The summed E-state index contributed by atoms with van der Waals surface area (Å²) in [5.41, 5.74) is 7.83. The standard InChI is InChI=1S/2C18H21N4.Pt/c2*1-11(2)13-8-6-7-12-10-19-17(20-16(12)13)14-9-15(22-21-14)18(3,4)5;/h2*6-11H,1-5H3;/q2*-1;+2. The summed E-state index contributed by atoms with van der Waals surface area (Å²) in [7, 11) is 0. The van der Waals surface area contributed by atoms with Crippen molar-refractivity contribution in [3.63, 3.8) is 0 Å². The predicted octanol–water partition coefficient (Wildman–Crippen LogP) is 8.14. The second kappa shape index (κ2) is 13.3. The number of hydrogen-bond acceptors (Lipinski definition) is 6. The Morgan fingerprint density at radius 3 is 1.27 bits per heavy atom. The maximum Gasteiger partial charge on any atom is 2.00 e. The van der Waals surface area contributed by atoms with Gasteiger partial charge >= 0.3 is 21.1 Å². The Hall–Kier alpha value is -3.77. The molecule has 4 heterocycles. The van der Waals surface area contributed by atoms with Gasteiger partial charge in [-0.25, -0.2) is 19.9 Å². The predicted molar refractivity (Wildman–Crippen MR) is 178 cm³/mol. The van der Waals surface area contributed by atoms with Gasteiger partial charge in [0.15, 0.2) is 0 Å². The van der Waals surface area contributed by atoms with Gasteiger partial charge in [0.05, 0.1) is 11.0 Å². The number of nitrogens with zero attached hydrogens (tertiary/aromatic N) is 8.